The van der Waals surface area contributed by atoms with Crippen LogP contribution in [-0.2, 0) is 0 Å². The monoisotopic (exact) mass is 335 g/mol. The average Bonchev–Trinajstić information content (AvgIpc) is 3.22. The lowest BCUT2D eigenvalue weighted by Gasteiger charge is -1.92. The average molecular weight is 335 g/mol. The van der Waals surface area contributed by atoms with Gasteiger partial charge in [0, 0.05) is 27.5 Å². The number of nitrogens with one attached hydrogen (secondary N) is 3. The first-order chi connectivity index (χ1) is 11.7. The van der Waals surface area contributed by atoms with Crippen molar-refractivity contribution < 1.29 is 0 Å². The van der Waals surface area contributed by atoms with E-state index in [-0.39, 0.29) is 21.8 Å². The maximum Gasteiger partial charge on any atom is 0.272 e. The molecule has 4 aromatic rings. The van der Waals surface area contributed by atoms with Gasteiger partial charge < -0.3 is 15.0 Å². The fourth-order valence-corrected chi connectivity index (χ4v) is 3.24. The van der Waals surface area contributed by atoms with Crippen molar-refractivity contribution in [2.45, 2.75) is 0 Å². The van der Waals surface area contributed by atoms with Gasteiger partial charge in [0.05, 0.1) is 0 Å². The molecule has 4 rings (SSSR count). The fraction of sp³-hybridized carbons (Fsp3) is 0. The predicted octanol–water partition coefficient (Wildman–Crippen LogP) is 1.26. The summed E-state index contributed by atoms with van der Waals surface area (Å²) in [5.41, 5.74) is 1.17. The van der Waals surface area contributed by atoms with E-state index < -0.39 is 0 Å². The molecule has 3 aromatic heterocycles. The normalized spacial score (nSPS) is 13.0. The molecule has 0 unspecified atom stereocenters. The van der Waals surface area contributed by atoms with Crippen molar-refractivity contribution in [2.75, 3.05) is 0 Å². The van der Waals surface area contributed by atoms with Crippen LogP contribution < -0.4 is 21.8 Å². The lowest BCUT2D eigenvalue weighted by molar-refractivity contribution is 1.00. The number of hydrogen-bond acceptors (Lipinski definition) is 3. The van der Waals surface area contributed by atoms with Gasteiger partial charge in [0.2, 0.25) is 0 Å². The maximum absolute atomic E-state index is 12.3. The first-order valence-electron chi connectivity index (χ1n) is 7.36. The van der Waals surface area contributed by atoms with E-state index in [0.717, 1.165) is 21.3 Å². The van der Waals surface area contributed by atoms with Gasteiger partial charge in [-0.2, -0.15) is 0 Å². The second kappa shape index (κ2) is 5.82. The molecule has 0 amide bonds. The number of para-hydroxylation sites is 1. The minimum atomic E-state index is -0.331. The molecule has 0 fully saturated rings. The summed E-state index contributed by atoms with van der Waals surface area (Å²) in [5.74, 6) is 0. The standard InChI is InChI=1S/C18H13N3O2S/c22-17-15(8-11-10-19-14-6-2-1-5-13(11)14)20-18(23)16(21-17)9-12-4-3-7-24-12/h1-10,19H,(H,20,23)(H,21,22)/b15-8-,16-9+. The Morgan fingerprint density at radius 3 is 2.38 bits per heavy atom. The lowest BCUT2D eigenvalue weighted by Crippen LogP contribution is -2.46. The summed E-state index contributed by atoms with van der Waals surface area (Å²) in [6.45, 7) is 0. The van der Waals surface area contributed by atoms with Crippen LogP contribution in [0.2, 0.25) is 0 Å². The number of benzene rings is 1. The number of rotatable bonds is 2. The quantitative estimate of drug-likeness (QED) is 0.515. The molecule has 0 aliphatic rings. The van der Waals surface area contributed by atoms with Crippen molar-refractivity contribution in [2.24, 2.45) is 0 Å². The predicted molar refractivity (Wildman–Crippen MR) is 96.7 cm³/mol. The SMILES string of the molecule is O=c1[nH]/c(=C/c2cccs2)c(=O)[nH]/c1=C\c1c[nH]c2ccccc12. The van der Waals surface area contributed by atoms with Crippen molar-refractivity contribution >= 4 is 34.4 Å². The second-order valence-corrected chi connectivity index (χ2v) is 6.31. The molecular formula is C18H13N3O2S. The number of hydrogen-bond donors (Lipinski definition) is 3. The molecular weight excluding hydrogens is 322 g/mol. The van der Waals surface area contributed by atoms with Gasteiger partial charge in [0.25, 0.3) is 11.1 Å². The van der Waals surface area contributed by atoms with Crippen LogP contribution in [-0.4, -0.2) is 15.0 Å². The molecule has 0 saturated heterocycles. The van der Waals surface area contributed by atoms with Crippen LogP contribution in [0.1, 0.15) is 10.4 Å². The Labute approximate surface area is 139 Å². The zero-order chi connectivity index (χ0) is 16.5. The Kier molecular flexibility index (Phi) is 3.51. The molecule has 24 heavy (non-hydrogen) atoms. The van der Waals surface area contributed by atoms with Crippen LogP contribution in [0.4, 0.5) is 0 Å². The number of H-pyrrole nitrogens is 3. The molecule has 118 valence electrons. The lowest BCUT2D eigenvalue weighted by atomic mass is 10.1. The van der Waals surface area contributed by atoms with Crippen LogP contribution in [0.5, 0.6) is 0 Å². The molecule has 6 heteroatoms. The van der Waals surface area contributed by atoms with Gasteiger partial charge >= 0.3 is 0 Å². The van der Waals surface area contributed by atoms with Crippen molar-refractivity contribution in [1.82, 2.24) is 15.0 Å². The topological polar surface area (TPSA) is 81.5 Å². The van der Waals surface area contributed by atoms with E-state index in [4.69, 9.17) is 0 Å². The summed E-state index contributed by atoms with van der Waals surface area (Å²) in [6.07, 6.45) is 5.16. The zero-order valence-electron chi connectivity index (χ0n) is 12.5. The molecule has 0 bridgehead atoms. The first-order valence-corrected chi connectivity index (χ1v) is 8.24. The third kappa shape index (κ3) is 2.63. The van der Waals surface area contributed by atoms with Crippen molar-refractivity contribution in [3.8, 4) is 0 Å². The third-order valence-corrected chi connectivity index (χ3v) is 4.56. The molecule has 0 aliphatic heterocycles. The number of aromatic amines is 3. The Bertz CT molecular complexity index is 1240. The molecule has 3 N–H and O–H groups in total. The molecule has 0 atom stereocenters. The van der Waals surface area contributed by atoms with Crippen LogP contribution in [0.25, 0.3) is 23.1 Å². The number of thiophene rings is 1. The number of fused-ring (bicyclic) bond motifs is 1. The highest BCUT2D eigenvalue weighted by Gasteiger charge is 2.02. The highest BCUT2D eigenvalue weighted by molar-refractivity contribution is 7.10. The van der Waals surface area contributed by atoms with E-state index in [2.05, 4.69) is 15.0 Å². The molecule has 0 saturated carbocycles. The Morgan fingerprint density at radius 2 is 1.62 bits per heavy atom. The third-order valence-electron chi connectivity index (χ3n) is 3.74. The molecule has 0 radical (unpaired) electrons. The number of aromatic nitrogens is 3. The van der Waals surface area contributed by atoms with Gasteiger partial charge in [0.1, 0.15) is 10.7 Å². The highest BCUT2D eigenvalue weighted by atomic mass is 32.1. The summed E-state index contributed by atoms with van der Waals surface area (Å²) in [5, 5.41) is 3.38. The molecule has 0 spiro atoms. The minimum Gasteiger partial charge on any atom is -0.361 e. The van der Waals surface area contributed by atoms with Crippen LogP contribution in [0.3, 0.4) is 0 Å². The fourth-order valence-electron chi connectivity index (χ4n) is 2.58. The Hall–Kier alpha value is -3.12. The Morgan fingerprint density at radius 1 is 0.875 bits per heavy atom. The largest absolute Gasteiger partial charge is 0.361 e. The molecule has 3 heterocycles. The van der Waals surface area contributed by atoms with Crippen LogP contribution in [0.15, 0.2) is 57.6 Å². The summed E-state index contributed by atoms with van der Waals surface area (Å²) in [7, 11) is 0. The molecule has 1 aromatic carbocycles. The van der Waals surface area contributed by atoms with E-state index in [0.29, 0.717) is 0 Å². The van der Waals surface area contributed by atoms with E-state index in [1.165, 1.54) is 11.3 Å². The van der Waals surface area contributed by atoms with E-state index in [9.17, 15) is 9.59 Å². The van der Waals surface area contributed by atoms with Gasteiger partial charge in [0.15, 0.2) is 0 Å². The van der Waals surface area contributed by atoms with Gasteiger partial charge in [-0.05, 0) is 29.7 Å². The summed E-state index contributed by atoms with van der Waals surface area (Å²) >= 11 is 1.50. The molecule has 0 aliphatic carbocycles. The van der Waals surface area contributed by atoms with Gasteiger partial charge in [-0.15, -0.1) is 11.3 Å². The van der Waals surface area contributed by atoms with Crippen molar-refractivity contribution in [3.63, 3.8) is 0 Å². The highest BCUT2D eigenvalue weighted by Crippen LogP contribution is 2.17. The van der Waals surface area contributed by atoms with Gasteiger partial charge in [-0.3, -0.25) is 9.59 Å². The summed E-state index contributed by atoms with van der Waals surface area (Å²) in [4.78, 5) is 33.9. The smallest absolute Gasteiger partial charge is 0.272 e. The van der Waals surface area contributed by atoms with Crippen LogP contribution >= 0.6 is 11.3 Å². The zero-order valence-corrected chi connectivity index (χ0v) is 13.3. The van der Waals surface area contributed by atoms with Crippen molar-refractivity contribution in [1.29, 1.82) is 0 Å². The van der Waals surface area contributed by atoms with E-state index in [1.54, 1.807) is 12.2 Å². The minimum absolute atomic E-state index is 0.230. The Balaban J connectivity index is 1.90. The molecule has 5 nitrogen and oxygen atoms in total. The van der Waals surface area contributed by atoms with E-state index >= 15 is 0 Å². The first kappa shape index (κ1) is 14.5. The van der Waals surface area contributed by atoms with Gasteiger partial charge in [-0.25, -0.2) is 0 Å². The van der Waals surface area contributed by atoms with Crippen LogP contribution in [0, 0.1) is 0 Å². The second-order valence-electron chi connectivity index (χ2n) is 5.33. The van der Waals surface area contributed by atoms with Gasteiger partial charge in [-0.1, -0.05) is 24.3 Å². The maximum atomic E-state index is 12.3. The summed E-state index contributed by atoms with van der Waals surface area (Å²) in [6, 6.07) is 11.6. The summed E-state index contributed by atoms with van der Waals surface area (Å²) < 4.78 is 0. The van der Waals surface area contributed by atoms with Crippen molar-refractivity contribution in [3.05, 3.63) is 89.8 Å². The van der Waals surface area contributed by atoms with E-state index in [1.807, 2.05) is 48.0 Å².